The standard InChI is InChI=1S/C9H18O3/c1-3-4-5-6-7-8(2)12-9(10)11/h8H,3-7H2,1-2H3,(H,10,11)/t8-/m1/s1. The van der Waals surface area contributed by atoms with E-state index in [0.717, 1.165) is 12.8 Å². The van der Waals surface area contributed by atoms with Crippen LogP contribution in [0, 0.1) is 0 Å². The quantitative estimate of drug-likeness (QED) is 0.497. The summed E-state index contributed by atoms with van der Waals surface area (Å²) in [6, 6.07) is 0. The molecule has 1 N–H and O–H groups in total. The van der Waals surface area contributed by atoms with Gasteiger partial charge < -0.3 is 9.84 Å². The minimum atomic E-state index is -1.17. The fraction of sp³-hybridized carbons (Fsp3) is 0.889. The van der Waals surface area contributed by atoms with Gasteiger partial charge in [0.05, 0.1) is 0 Å². The van der Waals surface area contributed by atoms with Gasteiger partial charge in [-0.25, -0.2) is 4.79 Å². The summed E-state index contributed by atoms with van der Waals surface area (Å²) >= 11 is 0. The van der Waals surface area contributed by atoms with Gasteiger partial charge in [0.2, 0.25) is 0 Å². The van der Waals surface area contributed by atoms with Gasteiger partial charge in [0.15, 0.2) is 0 Å². The number of carbonyl (C=O) groups is 1. The molecule has 72 valence electrons. The van der Waals surface area contributed by atoms with Gasteiger partial charge in [0.1, 0.15) is 6.10 Å². The topological polar surface area (TPSA) is 46.5 Å². The first kappa shape index (κ1) is 11.3. The van der Waals surface area contributed by atoms with E-state index in [9.17, 15) is 4.79 Å². The van der Waals surface area contributed by atoms with Crippen molar-refractivity contribution in [2.75, 3.05) is 0 Å². The van der Waals surface area contributed by atoms with Crippen LogP contribution in [-0.2, 0) is 4.74 Å². The molecule has 0 saturated carbocycles. The van der Waals surface area contributed by atoms with Gasteiger partial charge >= 0.3 is 6.16 Å². The second-order valence-electron chi connectivity index (χ2n) is 3.04. The Bertz CT molecular complexity index is 123. The van der Waals surface area contributed by atoms with Crippen molar-refractivity contribution in [3.8, 4) is 0 Å². The van der Waals surface area contributed by atoms with Gasteiger partial charge in [-0.2, -0.15) is 0 Å². The number of rotatable bonds is 6. The Morgan fingerprint density at radius 2 is 2.08 bits per heavy atom. The molecule has 0 aliphatic carbocycles. The van der Waals surface area contributed by atoms with Crippen LogP contribution in [0.5, 0.6) is 0 Å². The maximum atomic E-state index is 10.1. The highest BCUT2D eigenvalue weighted by atomic mass is 16.7. The summed E-state index contributed by atoms with van der Waals surface area (Å²) in [5, 5.41) is 8.26. The van der Waals surface area contributed by atoms with E-state index in [4.69, 9.17) is 5.11 Å². The number of carboxylic acid groups (broad SMARTS) is 1. The maximum absolute atomic E-state index is 10.1. The molecule has 0 unspecified atom stereocenters. The lowest BCUT2D eigenvalue weighted by Gasteiger charge is -2.09. The summed E-state index contributed by atoms with van der Waals surface area (Å²) in [5.74, 6) is 0. The molecular weight excluding hydrogens is 156 g/mol. The Kier molecular flexibility index (Phi) is 6.53. The number of hydrogen-bond acceptors (Lipinski definition) is 2. The van der Waals surface area contributed by atoms with Crippen LogP contribution in [0.1, 0.15) is 46.0 Å². The molecule has 0 aromatic heterocycles. The van der Waals surface area contributed by atoms with Crippen molar-refractivity contribution >= 4 is 6.16 Å². The Balaban J connectivity index is 3.19. The summed E-state index contributed by atoms with van der Waals surface area (Å²) < 4.78 is 4.55. The zero-order valence-electron chi connectivity index (χ0n) is 7.88. The Hall–Kier alpha value is -0.730. The normalized spacial score (nSPS) is 12.5. The number of ether oxygens (including phenoxy) is 1. The van der Waals surface area contributed by atoms with Crippen molar-refractivity contribution in [2.24, 2.45) is 0 Å². The largest absolute Gasteiger partial charge is 0.506 e. The Labute approximate surface area is 73.7 Å². The molecule has 3 nitrogen and oxygen atoms in total. The van der Waals surface area contributed by atoms with Crippen LogP contribution in [0.2, 0.25) is 0 Å². The summed E-state index contributed by atoms with van der Waals surface area (Å²) in [4.78, 5) is 10.1. The van der Waals surface area contributed by atoms with Gasteiger partial charge in [-0.1, -0.05) is 26.2 Å². The average molecular weight is 174 g/mol. The smallest absolute Gasteiger partial charge is 0.450 e. The van der Waals surface area contributed by atoms with Crippen LogP contribution in [0.15, 0.2) is 0 Å². The van der Waals surface area contributed by atoms with Crippen molar-refractivity contribution in [3.05, 3.63) is 0 Å². The first-order chi connectivity index (χ1) is 5.66. The monoisotopic (exact) mass is 174 g/mol. The molecule has 3 heteroatoms. The highest BCUT2D eigenvalue weighted by molar-refractivity contribution is 5.56. The number of hydrogen-bond donors (Lipinski definition) is 1. The molecule has 0 aromatic carbocycles. The van der Waals surface area contributed by atoms with Gasteiger partial charge in [0.25, 0.3) is 0 Å². The molecule has 0 aromatic rings. The van der Waals surface area contributed by atoms with E-state index in [2.05, 4.69) is 11.7 Å². The third-order valence-electron chi connectivity index (χ3n) is 1.77. The van der Waals surface area contributed by atoms with E-state index in [1.807, 2.05) is 0 Å². The highest BCUT2D eigenvalue weighted by Crippen LogP contribution is 2.07. The molecule has 0 aliphatic rings. The van der Waals surface area contributed by atoms with Crippen molar-refractivity contribution in [1.29, 1.82) is 0 Å². The molecule has 0 aliphatic heterocycles. The molecule has 0 saturated heterocycles. The summed E-state index contributed by atoms with van der Waals surface area (Å²) in [7, 11) is 0. The molecule has 1 atom stereocenters. The first-order valence-corrected chi connectivity index (χ1v) is 4.56. The van der Waals surface area contributed by atoms with Crippen LogP contribution in [0.3, 0.4) is 0 Å². The van der Waals surface area contributed by atoms with E-state index in [0.29, 0.717) is 0 Å². The van der Waals surface area contributed by atoms with E-state index in [-0.39, 0.29) is 6.10 Å². The molecule has 0 radical (unpaired) electrons. The van der Waals surface area contributed by atoms with Crippen molar-refractivity contribution in [1.82, 2.24) is 0 Å². The van der Waals surface area contributed by atoms with Crippen LogP contribution < -0.4 is 0 Å². The average Bonchev–Trinajstić information content (AvgIpc) is 1.97. The van der Waals surface area contributed by atoms with Crippen molar-refractivity contribution in [3.63, 3.8) is 0 Å². The molecule has 0 amide bonds. The van der Waals surface area contributed by atoms with Crippen molar-refractivity contribution in [2.45, 2.75) is 52.1 Å². The predicted octanol–water partition coefficient (Wildman–Crippen LogP) is 3.04. The van der Waals surface area contributed by atoms with Gasteiger partial charge in [0, 0.05) is 0 Å². The molecular formula is C9H18O3. The van der Waals surface area contributed by atoms with Gasteiger partial charge in [-0.15, -0.1) is 0 Å². The third-order valence-corrected chi connectivity index (χ3v) is 1.77. The van der Waals surface area contributed by atoms with Gasteiger partial charge in [-0.3, -0.25) is 0 Å². The van der Waals surface area contributed by atoms with E-state index >= 15 is 0 Å². The highest BCUT2D eigenvalue weighted by Gasteiger charge is 2.05. The lowest BCUT2D eigenvalue weighted by molar-refractivity contribution is 0.0548. The van der Waals surface area contributed by atoms with E-state index in [1.54, 1.807) is 6.92 Å². The summed E-state index contributed by atoms with van der Waals surface area (Å²) in [5.41, 5.74) is 0. The van der Waals surface area contributed by atoms with Crippen LogP contribution in [0.25, 0.3) is 0 Å². The predicted molar refractivity (Wildman–Crippen MR) is 47.3 cm³/mol. The van der Waals surface area contributed by atoms with E-state index in [1.165, 1.54) is 19.3 Å². The molecule has 0 heterocycles. The second kappa shape index (κ2) is 6.95. The molecule has 0 bridgehead atoms. The SMILES string of the molecule is CCCCCC[C@@H](C)OC(=O)O. The van der Waals surface area contributed by atoms with Gasteiger partial charge in [-0.05, 0) is 19.8 Å². The fourth-order valence-electron chi connectivity index (χ4n) is 1.09. The lowest BCUT2D eigenvalue weighted by Crippen LogP contribution is -2.12. The van der Waals surface area contributed by atoms with Crippen LogP contribution in [-0.4, -0.2) is 17.4 Å². The first-order valence-electron chi connectivity index (χ1n) is 4.56. The minimum absolute atomic E-state index is 0.153. The molecule has 12 heavy (non-hydrogen) atoms. The zero-order chi connectivity index (χ0) is 9.40. The number of unbranched alkanes of at least 4 members (excludes halogenated alkanes) is 3. The Morgan fingerprint density at radius 1 is 1.42 bits per heavy atom. The molecule has 0 rings (SSSR count). The second-order valence-corrected chi connectivity index (χ2v) is 3.04. The van der Waals surface area contributed by atoms with Crippen LogP contribution in [0.4, 0.5) is 4.79 Å². The summed E-state index contributed by atoms with van der Waals surface area (Å²) in [6.45, 7) is 3.94. The van der Waals surface area contributed by atoms with E-state index < -0.39 is 6.16 Å². The van der Waals surface area contributed by atoms with Crippen LogP contribution >= 0.6 is 0 Å². The Morgan fingerprint density at radius 3 is 2.58 bits per heavy atom. The lowest BCUT2D eigenvalue weighted by atomic mass is 10.1. The fourth-order valence-corrected chi connectivity index (χ4v) is 1.09. The maximum Gasteiger partial charge on any atom is 0.506 e. The third kappa shape index (κ3) is 7.38. The zero-order valence-corrected chi connectivity index (χ0v) is 7.88. The minimum Gasteiger partial charge on any atom is -0.450 e. The molecule has 0 spiro atoms. The van der Waals surface area contributed by atoms with Crippen molar-refractivity contribution < 1.29 is 14.6 Å². The summed E-state index contributed by atoms with van der Waals surface area (Å²) in [6.07, 6.45) is 4.17. The molecule has 0 fully saturated rings.